The highest BCUT2D eigenvalue weighted by Gasteiger charge is 2.20. The van der Waals surface area contributed by atoms with Crippen molar-refractivity contribution in [3.8, 4) is 11.5 Å². The molecule has 0 bridgehead atoms. The van der Waals surface area contributed by atoms with Gasteiger partial charge in [0.05, 0.1) is 5.75 Å². The lowest BCUT2D eigenvalue weighted by Crippen LogP contribution is -2.38. The maximum atomic E-state index is 12.4. The Morgan fingerprint density at radius 2 is 1.87 bits per heavy atom. The normalized spacial score (nSPS) is 16.0. The number of rotatable bonds is 7. The molecule has 0 saturated carbocycles. The molecular weight excluding hydrogens is 408 g/mol. The number of benzene rings is 2. The molecule has 1 saturated heterocycles. The SMILES string of the molecule is CC1CCCCN1c1cc(SCC(=O)Nc2ccc(Oc3ccccc3)cc2)ncn1. The molecule has 1 aliphatic heterocycles. The fraction of sp³-hybridized carbons (Fsp3) is 0.292. The van der Waals surface area contributed by atoms with Gasteiger partial charge in [0.25, 0.3) is 0 Å². The van der Waals surface area contributed by atoms with Crippen LogP contribution in [0, 0.1) is 0 Å². The van der Waals surface area contributed by atoms with Crippen molar-refractivity contribution in [3.05, 3.63) is 67.0 Å². The Balaban J connectivity index is 1.29. The first-order valence-corrected chi connectivity index (χ1v) is 11.5. The summed E-state index contributed by atoms with van der Waals surface area (Å²) in [5.41, 5.74) is 0.733. The second-order valence-corrected chi connectivity index (χ2v) is 8.52. The molecule has 0 radical (unpaired) electrons. The third-order valence-corrected chi connectivity index (χ3v) is 6.12. The number of carbonyl (C=O) groups excluding carboxylic acids is 1. The van der Waals surface area contributed by atoms with Gasteiger partial charge in [-0.15, -0.1) is 0 Å². The molecule has 6 nitrogen and oxygen atoms in total. The van der Waals surface area contributed by atoms with Crippen molar-refractivity contribution in [2.45, 2.75) is 37.3 Å². The van der Waals surface area contributed by atoms with E-state index in [9.17, 15) is 4.79 Å². The minimum atomic E-state index is -0.0757. The molecule has 3 aromatic rings. The fourth-order valence-corrected chi connectivity index (χ4v) is 4.23. The lowest BCUT2D eigenvalue weighted by Gasteiger charge is -2.34. The van der Waals surface area contributed by atoms with Crippen molar-refractivity contribution < 1.29 is 9.53 Å². The maximum Gasteiger partial charge on any atom is 0.234 e. The van der Waals surface area contributed by atoms with Crippen LogP contribution in [0.2, 0.25) is 0 Å². The average Bonchev–Trinajstić information content (AvgIpc) is 2.80. The summed E-state index contributed by atoms with van der Waals surface area (Å²) >= 11 is 1.42. The van der Waals surface area contributed by atoms with Gasteiger partial charge < -0.3 is 15.0 Å². The van der Waals surface area contributed by atoms with Crippen LogP contribution >= 0.6 is 11.8 Å². The van der Waals surface area contributed by atoms with Gasteiger partial charge in [0.15, 0.2) is 0 Å². The standard InChI is InChI=1S/C24H26N4O2S/c1-18-7-5-6-14-28(18)22-15-24(26-17-25-22)31-16-23(29)27-19-10-12-21(13-11-19)30-20-8-3-2-4-9-20/h2-4,8-13,15,17-18H,5-7,14,16H2,1H3,(H,27,29). The van der Waals surface area contributed by atoms with Gasteiger partial charge in [0.2, 0.25) is 5.91 Å². The number of nitrogens with one attached hydrogen (secondary N) is 1. The van der Waals surface area contributed by atoms with Crippen molar-refractivity contribution in [2.75, 3.05) is 22.5 Å². The number of aromatic nitrogens is 2. The van der Waals surface area contributed by atoms with Crippen molar-refractivity contribution in [1.82, 2.24) is 9.97 Å². The van der Waals surface area contributed by atoms with Crippen LogP contribution in [-0.2, 0) is 4.79 Å². The third kappa shape index (κ3) is 5.98. The summed E-state index contributed by atoms with van der Waals surface area (Å²) in [6.45, 7) is 3.25. The van der Waals surface area contributed by atoms with E-state index in [2.05, 4.69) is 27.1 Å². The van der Waals surface area contributed by atoms with Crippen molar-refractivity contribution in [1.29, 1.82) is 0 Å². The second-order valence-electron chi connectivity index (χ2n) is 7.53. The van der Waals surface area contributed by atoms with Gasteiger partial charge in [-0.25, -0.2) is 9.97 Å². The monoisotopic (exact) mass is 434 g/mol. The zero-order valence-corrected chi connectivity index (χ0v) is 18.3. The molecule has 1 fully saturated rings. The molecule has 1 N–H and O–H groups in total. The van der Waals surface area contributed by atoms with Crippen LogP contribution in [0.1, 0.15) is 26.2 Å². The van der Waals surface area contributed by atoms with Gasteiger partial charge in [-0.1, -0.05) is 30.0 Å². The number of piperidine rings is 1. The summed E-state index contributed by atoms with van der Waals surface area (Å²) in [4.78, 5) is 23.5. The zero-order chi connectivity index (χ0) is 21.5. The number of hydrogen-bond acceptors (Lipinski definition) is 6. The third-order valence-electron chi connectivity index (χ3n) is 5.19. The molecular formula is C24H26N4O2S. The molecule has 2 aromatic carbocycles. The minimum Gasteiger partial charge on any atom is -0.457 e. The Labute approximate surface area is 187 Å². The predicted octanol–water partition coefficient (Wildman–Crippen LogP) is 5.38. The molecule has 4 rings (SSSR count). The molecule has 1 aromatic heterocycles. The second kappa shape index (κ2) is 10.3. The number of amides is 1. The van der Waals surface area contributed by atoms with Crippen LogP contribution in [0.25, 0.3) is 0 Å². The highest BCUT2D eigenvalue weighted by atomic mass is 32.2. The molecule has 31 heavy (non-hydrogen) atoms. The lowest BCUT2D eigenvalue weighted by atomic mass is 10.0. The van der Waals surface area contributed by atoms with E-state index < -0.39 is 0 Å². The Kier molecular flexibility index (Phi) is 7.04. The molecule has 7 heteroatoms. The smallest absolute Gasteiger partial charge is 0.234 e. The minimum absolute atomic E-state index is 0.0757. The Bertz CT molecular complexity index is 998. The van der Waals surface area contributed by atoms with E-state index in [1.165, 1.54) is 31.0 Å². The largest absolute Gasteiger partial charge is 0.457 e. The molecule has 1 atom stereocenters. The highest BCUT2D eigenvalue weighted by molar-refractivity contribution is 7.99. The van der Waals surface area contributed by atoms with Gasteiger partial charge >= 0.3 is 0 Å². The number of anilines is 2. The maximum absolute atomic E-state index is 12.4. The first kappa shape index (κ1) is 21.2. The number of hydrogen-bond donors (Lipinski definition) is 1. The van der Waals surface area contributed by atoms with Crippen LogP contribution in [0.4, 0.5) is 11.5 Å². The first-order valence-electron chi connectivity index (χ1n) is 10.5. The number of para-hydroxylation sites is 1. The Morgan fingerprint density at radius 3 is 2.65 bits per heavy atom. The molecule has 0 aliphatic carbocycles. The Hall–Kier alpha value is -3.06. The number of nitrogens with zero attached hydrogens (tertiary/aromatic N) is 3. The van der Waals surface area contributed by atoms with Crippen molar-refractivity contribution in [3.63, 3.8) is 0 Å². The quantitative estimate of drug-likeness (QED) is 0.398. The summed E-state index contributed by atoms with van der Waals surface area (Å²) in [5.74, 6) is 2.65. The summed E-state index contributed by atoms with van der Waals surface area (Å²) in [6, 6.07) is 19.4. The van der Waals surface area contributed by atoms with E-state index in [0.717, 1.165) is 34.6 Å². The van der Waals surface area contributed by atoms with E-state index in [1.807, 2.05) is 60.7 Å². The summed E-state index contributed by atoms with van der Waals surface area (Å²) in [6.07, 6.45) is 5.23. The summed E-state index contributed by atoms with van der Waals surface area (Å²) in [5, 5.41) is 3.73. The first-order chi connectivity index (χ1) is 15.2. The molecule has 2 heterocycles. The number of carbonyl (C=O) groups is 1. The molecule has 1 unspecified atom stereocenters. The van der Waals surface area contributed by atoms with Gasteiger partial charge in [-0.3, -0.25) is 4.79 Å². The van der Waals surface area contributed by atoms with Crippen LogP contribution in [0.3, 0.4) is 0 Å². The summed E-state index contributed by atoms with van der Waals surface area (Å²) in [7, 11) is 0. The van der Waals surface area contributed by atoms with Crippen molar-refractivity contribution >= 4 is 29.2 Å². The van der Waals surface area contributed by atoms with E-state index >= 15 is 0 Å². The van der Waals surface area contributed by atoms with Gasteiger partial charge in [0.1, 0.15) is 28.7 Å². The molecule has 160 valence electrons. The highest BCUT2D eigenvalue weighted by Crippen LogP contribution is 2.26. The van der Waals surface area contributed by atoms with Gasteiger partial charge in [-0.2, -0.15) is 0 Å². The van der Waals surface area contributed by atoms with Crippen LogP contribution in [-0.4, -0.2) is 34.2 Å². The van der Waals surface area contributed by atoms with E-state index in [1.54, 1.807) is 6.33 Å². The molecule has 1 amide bonds. The zero-order valence-electron chi connectivity index (χ0n) is 17.5. The van der Waals surface area contributed by atoms with E-state index in [4.69, 9.17) is 4.74 Å². The van der Waals surface area contributed by atoms with E-state index in [0.29, 0.717) is 6.04 Å². The van der Waals surface area contributed by atoms with Crippen LogP contribution < -0.4 is 15.0 Å². The van der Waals surface area contributed by atoms with Crippen LogP contribution in [0.15, 0.2) is 72.0 Å². The van der Waals surface area contributed by atoms with E-state index in [-0.39, 0.29) is 11.7 Å². The fourth-order valence-electron chi connectivity index (χ4n) is 3.57. The predicted molar refractivity (Wildman–Crippen MR) is 125 cm³/mol. The number of thioether (sulfide) groups is 1. The molecule has 1 aliphatic rings. The molecule has 0 spiro atoms. The van der Waals surface area contributed by atoms with Crippen molar-refractivity contribution in [2.24, 2.45) is 0 Å². The average molecular weight is 435 g/mol. The van der Waals surface area contributed by atoms with Gasteiger partial charge in [-0.05, 0) is 62.6 Å². The van der Waals surface area contributed by atoms with Crippen LogP contribution in [0.5, 0.6) is 11.5 Å². The van der Waals surface area contributed by atoms with Gasteiger partial charge in [0, 0.05) is 24.3 Å². The lowest BCUT2D eigenvalue weighted by molar-refractivity contribution is -0.113. The number of ether oxygens (including phenoxy) is 1. The summed E-state index contributed by atoms with van der Waals surface area (Å²) < 4.78 is 5.78. The Morgan fingerprint density at radius 1 is 1.10 bits per heavy atom. The topological polar surface area (TPSA) is 67.4 Å².